The topological polar surface area (TPSA) is 128 Å². The number of nitrogens with one attached hydrogen (secondary N) is 2. The third-order valence-corrected chi connectivity index (χ3v) is 7.56. The van der Waals surface area contributed by atoms with Crippen LogP contribution >= 0.6 is 0 Å². The molecule has 0 bridgehead atoms. The Morgan fingerprint density at radius 3 is 2.36 bits per heavy atom. The molecule has 0 aliphatic carbocycles. The number of carboxylic acids is 1. The van der Waals surface area contributed by atoms with Crippen molar-refractivity contribution in [3.63, 3.8) is 0 Å². The molecule has 3 N–H and O–H groups in total. The van der Waals surface area contributed by atoms with E-state index in [-0.39, 0.29) is 49.7 Å². The maximum Gasteiger partial charge on any atom is 0.303 e. The average molecular weight is 601 g/mol. The zero-order valence-corrected chi connectivity index (χ0v) is 25.0. The quantitative estimate of drug-likeness (QED) is 0.244. The molecule has 0 aromatic heterocycles. The van der Waals surface area contributed by atoms with Gasteiger partial charge in [-0.1, -0.05) is 54.6 Å². The summed E-state index contributed by atoms with van der Waals surface area (Å²) in [6.07, 6.45) is 1.90. The highest BCUT2D eigenvalue weighted by Crippen LogP contribution is 2.27. The predicted octanol–water partition coefficient (Wildman–Crippen LogP) is 4.74. The number of carboxylic acid groups (broad SMARTS) is 1. The highest BCUT2D eigenvalue weighted by molar-refractivity contribution is 5.97. The van der Waals surface area contributed by atoms with Crippen LogP contribution in [0.3, 0.4) is 0 Å². The van der Waals surface area contributed by atoms with Crippen LogP contribution in [-0.2, 0) is 19.1 Å². The second-order valence-corrected chi connectivity index (χ2v) is 10.9. The summed E-state index contributed by atoms with van der Waals surface area (Å²) in [5, 5.41) is 14.4. The number of likely N-dealkylation sites (N-methyl/N-ethyl adjacent to an activating group) is 1. The molecule has 44 heavy (non-hydrogen) atoms. The number of amides is 3. The number of hydrogen-bond donors (Lipinski definition) is 3. The normalized spacial score (nSPS) is 13.7. The number of aliphatic carboxylic acids is 1. The molecule has 3 amide bonds. The fraction of sp³-hybridized carbons (Fsp3) is 0.353. The molecule has 1 aliphatic rings. The third-order valence-electron chi connectivity index (χ3n) is 7.56. The van der Waals surface area contributed by atoms with Crippen molar-refractivity contribution in [2.24, 2.45) is 0 Å². The largest absolute Gasteiger partial charge is 0.481 e. The van der Waals surface area contributed by atoms with E-state index in [0.717, 1.165) is 42.7 Å². The van der Waals surface area contributed by atoms with E-state index in [1.807, 2.05) is 54.6 Å². The Labute approximate surface area is 258 Å². The highest BCUT2D eigenvalue weighted by Gasteiger charge is 2.22. The first kappa shape index (κ1) is 32.4. The van der Waals surface area contributed by atoms with Crippen LogP contribution in [0.4, 0.5) is 11.4 Å². The number of nitrogens with zero attached hydrogens (tertiary/aromatic N) is 2. The van der Waals surface area contributed by atoms with E-state index in [0.29, 0.717) is 24.3 Å². The first-order valence-electron chi connectivity index (χ1n) is 14.9. The number of carbonyl (C=O) groups is 4. The Balaban J connectivity index is 1.16. The summed E-state index contributed by atoms with van der Waals surface area (Å²) in [7, 11) is 1.75. The van der Waals surface area contributed by atoms with E-state index in [1.54, 1.807) is 36.2 Å². The standard InChI is InChI=1S/C34H40N4O6/c1-37(34(43)26-11-7-12-27(23-26)35-31(39)15-8-16-33(41)42)21-22-38-19-17-28(18-20-38)44-24-32(40)36-30-14-6-5-13-29(30)25-9-3-2-4-10-25/h2-7,9-14,23,28H,8,15-22,24H2,1H3,(H,35,39)(H,36,40)(H,41,42). The van der Waals surface area contributed by atoms with Gasteiger partial charge >= 0.3 is 5.97 Å². The van der Waals surface area contributed by atoms with Crippen LogP contribution in [0.15, 0.2) is 78.9 Å². The molecular formula is C34H40N4O6. The average Bonchev–Trinajstić information content (AvgIpc) is 3.03. The van der Waals surface area contributed by atoms with Crippen molar-refractivity contribution in [2.45, 2.75) is 38.2 Å². The summed E-state index contributed by atoms with van der Waals surface area (Å²) in [6.45, 7) is 2.88. The van der Waals surface area contributed by atoms with Crippen molar-refractivity contribution in [3.05, 3.63) is 84.4 Å². The number of rotatable bonds is 14. The SMILES string of the molecule is CN(CCN1CCC(OCC(=O)Nc2ccccc2-c2ccccc2)CC1)C(=O)c1cccc(NC(=O)CCCC(=O)O)c1. The summed E-state index contributed by atoms with van der Waals surface area (Å²) in [5.41, 5.74) is 3.72. The Kier molecular flexibility index (Phi) is 12.0. The lowest BCUT2D eigenvalue weighted by Gasteiger charge is -2.32. The van der Waals surface area contributed by atoms with E-state index in [4.69, 9.17) is 9.84 Å². The Bertz CT molecular complexity index is 1420. The lowest BCUT2D eigenvalue weighted by atomic mass is 10.0. The van der Waals surface area contributed by atoms with Gasteiger partial charge in [-0.15, -0.1) is 0 Å². The zero-order chi connectivity index (χ0) is 31.3. The van der Waals surface area contributed by atoms with E-state index in [2.05, 4.69) is 15.5 Å². The Morgan fingerprint density at radius 1 is 0.886 bits per heavy atom. The van der Waals surface area contributed by atoms with E-state index >= 15 is 0 Å². The van der Waals surface area contributed by atoms with Crippen molar-refractivity contribution in [1.82, 2.24) is 9.80 Å². The highest BCUT2D eigenvalue weighted by atomic mass is 16.5. The minimum Gasteiger partial charge on any atom is -0.481 e. The first-order chi connectivity index (χ1) is 21.3. The van der Waals surface area contributed by atoms with Crippen LogP contribution in [-0.4, -0.2) is 84.5 Å². The van der Waals surface area contributed by atoms with Crippen molar-refractivity contribution in [3.8, 4) is 11.1 Å². The van der Waals surface area contributed by atoms with Crippen molar-refractivity contribution >= 4 is 35.1 Å². The second-order valence-electron chi connectivity index (χ2n) is 10.9. The van der Waals surface area contributed by atoms with Gasteiger partial charge in [-0.3, -0.25) is 19.2 Å². The van der Waals surface area contributed by atoms with Gasteiger partial charge in [0.05, 0.1) is 6.10 Å². The van der Waals surface area contributed by atoms with Gasteiger partial charge in [-0.25, -0.2) is 0 Å². The number of para-hydroxylation sites is 1. The molecule has 3 aromatic rings. The molecule has 4 rings (SSSR count). The first-order valence-corrected chi connectivity index (χ1v) is 14.9. The van der Waals surface area contributed by atoms with Crippen molar-refractivity contribution in [1.29, 1.82) is 0 Å². The third kappa shape index (κ3) is 10.0. The molecule has 232 valence electrons. The van der Waals surface area contributed by atoms with Crippen LogP contribution in [0.25, 0.3) is 11.1 Å². The van der Waals surface area contributed by atoms with Crippen LogP contribution in [0.5, 0.6) is 0 Å². The number of piperidine rings is 1. The molecule has 1 fully saturated rings. The van der Waals surface area contributed by atoms with Gasteiger partial charge in [0.1, 0.15) is 6.61 Å². The molecule has 0 unspecified atom stereocenters. The molecule has 10 heteroatoms. The molecule has 0 atom stereocenters. The number of likely N-dealkylation sites (tertiary alicyclic amines) is 1. The number of anilines is 2. The fourth-order valence-corrected chi connectivity index (χ4v) is 5.11. The molecule has 1 heterocycles. The molecular weight excluding hydrogens is 560 g/mol. The smallest absolute Gasteiger partial charge is 0.303 e. The fourth-order valence-electron chi connectivity index (χ4n) is 5.11. The predicted molar refractivity (Wildman–Crippen MR) is 169 cm³/mol. The van der Waals surface area contributed by atoms with Crippen LogP contribution in [0, 0.1) is 0 Å². The lowest BCUT2D eigenvalue weighted by molar-refractivity contribution is -0.137. The molecule has 0 saturated carbocycles. The summed E-state index contributed by atoms with van der Waals surface area (Å²) in [6, 6.07) is 24.4. The van der Waals surface area contributed by atoms with Crippen LogP contribution in [0.1, 0.15) is 42.5 Å². The van der Waals surface area contributed by atoms with Crippen molar-refractivity contribution in [2.75, 3.05) is 50.5 Å². The monoisotopic (exact) mass is 600 g/mol. The molecule has 10 nitrogen and oxygen atoms in total. The van der Waals surface area contributed by atoms with Crippen molar-refractivity contribution < 1.29 is 29.0 Å². The van der Waals surface area contributed by atoms with Gasteiger partial charge in [0.2, 0.25) is 11.8 Å². The molecule has 0 spiro atoms. The van der Waals surface area contributed by atoms with Gasteiger partial charge in [0.15, 0.2) is 0 Å². The number of carbonyl (C=O) groups excluding carboxylic acids is 3. The molecule has 1 aliphatic heterocycles. The molecule has 1 saturated heterocycles. The number of benzene rings is 3. The minimum atomic E-state index is -0.937. The van der Waals surface area contributed by atoms with E-state index < -0.39 is 5.97 Å². The maximum atomic E-state index is 13.0. The number of hydrogen-bond acceptors (Lipinski definition) is 6. The number of ether oxygens (including phenoxy) is 1. The van der Waals surface area contributed by atoms with Gasteiger partial charge < -0.3 is 30.3 Å². The summed E-state index contributed by atoms with van der Waals surface area (Å²) >= 11 is 0. The van der Waals surface area contributed by atoms with Gasteiger partial charge in [0, 0.05) is 68.6 Å². The lowest BCUT2D eigenvalue weighted by Crippen LogP contribution is -2.42. The second kappa shape index (κ2) is 16.3. The van der Waals surface area contributed by atoms with E-state index in [1.165, 1.54) is 0 Å². The Morgan fingerprint density at radius 2 is 1.61 bits per heavy atom. The summed E-state index contributed by atoms with van der Waals surface area (Å²) in [4.78, 5) is 52.4. The maximum absolute atomic E-state index is 13.0. The van der Waals surface area contributed by atoms with Crippen LogP contribution < -0.4 is 10.6 Å². The zero-order valence-electron chi connectivity index (χ0n) is 25.0. The van der Waals surface area contributed by atoms with E-state index in [9.17, 15) is 19.2 Å². The Hall–Kier alpha value is -4.54. The molecule has 3 aromatic carbocycles. The van der Waals surface area contributed by atoms with Gasteiger partial charge in [0.25, 0.3) is 5.91 Å². The minimum absolute atomic E-state index is 0.00260. The van der Waals surface area contributed by atoms with Gasteiger partial charge in [-0.05, 0) is 49.1 Å². The van der Waals surface area contributed by atoms with Crippen LogP contribution in [0.2, 0.25) is 0 Å². The van der Waals surface area contributed by atoms with Gasteiger partial charge in [-0.2, -0.15) is 0 Å². The molecule has 0 radical (unpaired) electrons. The summed E-state index contributed by atoms with van der Waals surface area (Å²) < 4.78 is 5.94. The summed E-state index contributed by atoms with van der Waals surface area (Å²) in [5.74, 6) is -1.55.